The monoisotopic (exact) mass is 513 g/mol. The van der Waals surface area contributed by atoms with Crippen LogP contribution in [0.25, 0.3) is 0 Å². The molecule has 1 rings (SSSR count). The first-order chi connectivity index (χ1) is 17.1. The average Bonchev–Trinajstić information content (AvgIpc) is 3.26. The normalized spacial score (nSPS) is 17.4. The summed E-state index contributed by atoms with van der Waals surface area (Å²) < 4.78 is 0. The zero-order valence-corrected chi connectivity index (χ0v) is 20.4. The van der Waals surface area contributed by atoms with E-state index in [9.17, 15) is 28.8 Å². The molecule has 36 heavy (non-hydrogen) atoms. The van der Waals surface area contributed by atoms with Gasteiger partial charge in [0.05, 0.1) is 0 Å². The number of hydrogen-bond donors (Lipinski definition) is 8. The number of aliphatic carboxylic acids is 1. The van der Waals surface area contributed by atoms with E-state index in [0.717, 1.165) is 0 Å². The van der Waals surface area contributed by atoms with Gasteiger partial charge in [-0.05, 0) is 64.5 Å². The van der Waals surface area contributed by atoms with Gasteiger partial charge in [0.25, 0.3) is 0 Å². The molecule has 14 heteroatoms. The largest absolute Gasteiger partial charge is 0.481 e. The number of nitrogens with two attached hydrogens (primary N) is 3. The minimum Gasteiger partial charge on any atom is -0.481 e. The molecule has 4 atom stereocenters. The van der Waals surface area contributed by atoms with Gasteiger partial charge in [-0.3, -0.25) is 28.8 Å². The molecule has 1 heterocycles. The van der Waals surface area contributed by atoms with Gasteiger partial charge in [-0.2, -0.15) is 0 Å². The van der Waals surface area contributed by atoms with Gasteiger partial charge in [-0.1, -0.05) is 0 Å². The Balaban J connectivity index is 2.93. The van der Waals surface area contributed by atoms with Crippen LogP contribution in [-0.2, 0) is 28.8 Å². The van der Waals surface area contributed by atoms with E-state index in [0.29, 0.717) is 45.2 Å². The van der Waals surface area contributed by atoms with Crippen LogP contribution >= 0.6 is 0 Å². The van der Waals surface area contributed by atoms with E-state index in [2.05, 4.69) is 21.3 Å². The molecule has 0 aromatic heterocycles. The second kappa shape index (κ2) is 16.4. The molecule has 0 aromatic carbocycles. The molecule has 1 saturated heterocycles. The molecule has 1 aliphatic heterocycles. The molecule has 0 aliphatic carbocycles. The number of primary amides is 1. The zero-order valence-electron chi connectivity index (χ0n) is 20.4. The van der Waals surface area contributed by atoms with Crippen molar-refractivity contribution in [2.75, 3.05) is 13.1 Å². The summed E-state index contributed by atoms with van der Waals surface area (Å²) in [5.74, 6) is -4.12. The number of carbonyl (C=O) groups is 6. The molecule has 5 amide bonds. The predicted octanol–water partition coefficient (Wildman–Crippen LogP) is -2.67. The summed E-state index contributed by atoms with van der Waals surface area (Å²) in [6, 6.07) is -4.02. The summed E-state index contributed by atoms with van der Waals surface area (Å²) in [6.07, 6.45) is 2.62. The summed E-state index contributed by atoms with van der Waals surface area (Å²) in [5.41, 5.74) is 16.4. The summed E-state index contributed by atoms with van der Waals surface area (Å²) in [6.45, 7) is 0.769. The van der Waals surface area contributed by atoms with Gasteiger partial charge in [0, 0.05) is 12.8 Å². The average molecular weight is 514 g/mol. The Hall–Kier alpha value is -3.26. The third kappa shape index (κ3) is 11.4. The summed E-state index contributed by atoms with van der Waals surface area (Å²) >= 11 is 0. The molecule has 0 saturated carbocycles. The van der Waals surface area contributed by atoms with E-state index in [1.165, 1.54) is 0 Å². The van der Waals surface area contributed by atoms with Gasteiger partial charge in [-0.15, -0.1) is 0 Å². The highest BCUT2D eigenvalue weighted by Gasteiger charge is 2.32. The van der Waals surface area contributed by atoms with Crippen LogP contribution in [0.3, 0.4) is 0 Å². The highest BCUT2D eigenvalue weighted by molar-refractivity contribution is 5.96. The first-order valence-electron chi connectivity index (χ1n) is 12.2. The van der Waals surface area contributed by atoms with Crippen molar-refractivity contribution < 1.29 is 33.9 Å². The van der Waals surface area contributed by atoms with Crippen molar-refractivity contribution in [1.29, 1.82) is 0 Å². The summed E-state index contributed by atoms with van der Waals surface area (Å²) in [5, 5.41) is 19.1. The topological polar surface area (TPSA) is 249 Å². The lowest BCUT2D eigenvalue weighted by molar-refractivity contribution is -0.138. The number of unbranched alkanes of at least 4 members (excludes halogenated alkanes) is 2. The third-order valence-electron chi connectivity index (χ3n) is 5.78. The molecule has 204 valence electrons. The lowest BCUT2D eigenvalue weighted by Crippen LogP contribution is -2.57. The quantitative estimate of drug-likeness (QED) is 0.0888. The molecule has 0 aromatic rings. The van der Waals surface area contributed by atoms with Gasteiger partial charge in [0.1, 0.15) is 24.2 Å². The first kappa shape index (κ1) is 30.8. The number of carboxylic acids is 1. The van der Waals surface area contributed by atoms with Crippen LogP contribution in [0, 0.1) is 0 Å². The van der Waals surface area contributed by atoms with Crippen LogP contribution in [-0.4, -0.2) is 77.9 Å². The van der Waals surface area contributed by atoms with Gasteiger partial charge >= 0.3 is 5.97 Å². The number of amides is 5. The van der Waals surface area contributed by atoms with E-state index in [1.54, 1.807) is 0 Å². The number of hydrogen-bond acceptors (Lipinski definition) is 8. The Kier molecular flexibility index (Phi) is 14.0. The van der Waals surface area contributed by atoms with Crippen LogP contribution in [0.5, 0.6) is 0 Å². The molecule has 0 spiro atoms. The Bertz CT molecular complexity index is 793. The molecule has 14 nitrogen and oxygen atoms in total. The van der Waals surface area contributed by atoms with E-state index in [-0.39, 0.29) is 38.0 Å². The second-order valence-electron chi connectivity index (χ2n) is 8.75. The van der Waals surface area contributed by atoms with Crippen LogP contribution < -0.4 is 38.5 Å². The maximum Gasteiger partial charge on any atom is 0.303 e. The van der Waals surface area contributed by atoms with Crippen LogP contribution in [0.2, 0.25) is 0 Å². The number of carboxylic acid groups (broad SMARTS) is 1. The van der Waals surface area contributed by atoms with Gasteiger partial charge in [0.15, 0.2) is 0 Å². The van der Waals surface area contributed by atoms with E-state index in [1.807, 2.05) is 0 Å². The second-order valence-corrected chi connectivity index (χ2v) is 8.75. The zero-order chi connectivity index (χ0) is 27.1. The highest BCUT2D eigenvalue weighted by Crippen LogP contribution is 2.10. The van der Waals surface area contributed by atoms with Crippen LogP contribution in [0.15, 0.2) is 0 Å². The van der Waals surface area contributed by atoms with Crippen molar-refractivity contribution in [2.24, 2.45) is 17.2 Å². The molecule has 0 radical (unpaired) electrons. The molecule has 1 fully saturated rings. The van der Waals surface area contributed by atoms with Gasteiger partial charge in [0.2, 0.25) is 29.5 Å². The minimum atomic E-state index is -1.23. The van der Waals surface area contributed by atoms with E-state index in [4.69, 9.17) is 22.3 Å². The van der Waals surface area contributed by atoms with E-state index < -0.39 is 53.8 Å². The maximum atomic E-state index is 13.1. The fourth-order valence-corrected chi connectivity index (χ4v) is 3.70. The van der Waals surface area contributed by atoms with Crippen molar-refractivity contribution in [3.05, 3.63) is 0 Å². The van der Waals surface area contributed by atoms with Crippen molar-refractivity contribution in [3.8, 4) is 0 Å². The smallest absolute Gasteiger partial charge is 0.303 e. The SMILES string of the molecule is NCCCC[C@H](NC(=O)[C@H](CCCCN)NC(=O)[C@@H]1CCC(=O)N1)C(=O)N[C@@H](CCC(=O)O)C(N)=O. The molecular weight excluding hydrogens is 474 g/mol. The molecule has 0 bridgehead atoms. The van der Waals surface area contributed by atoms with Crippen LogP contribution in [0.1, 0.15) is 64.2 Å². The number of nitrogens with one attached hydrogen (secondary N) is 4. The number of rotatable bonds is 18. The number of carbonyl (C=O) groups excluding carboxylic acids is 5. The Morgan fingerprint density at radius 1 is 0.861 bits per heavy atom. The van der Waals surface area contributed by atoms with Crippen molar-refractivity contribution in [2.45, 2.75) is 88.4 Å². The van der Waals surface area contributed by atoms with Crippen molar-refractivity contribution in [3.63, 3.8) is 0 Å². The molecule has 1 aliphatic rings. The standard InChI is InChI=1S/C22H39N7O7/c23-11-3-1-5-14(20(34)27-13(19(25)33)8-10-18(31)32)28-21(35)15(6-2-4-12-24)29-22(36)16-7-9-17(30)26-16/h13-16H,1-12,23-24H2,(H2,25,33)(H,26,30)(H,27,34)(H,28,35)(H,29,36)(H,31,32)/t13-,14-,15-,16-/m0/s1. The van der Waals surface area contributed by atoms with Gasteiger partial charge < -0.3 is 43.6 Å². The summed E-state index contributed by atoms with van der Waals surface area (Å²) in [4.78, 5) is 72.6. The third-order valence-corrected chi connectivity index (χ3v) is 5.78. The van der Waals surface area contributed by atoms with Gasteiger partial charge in [-0.25, -0.2) is 0 Å². The lowest BCUT2D eigenvalue weighted by atomic mass is 10.0. The highest BCUT2D eigenvalue weighted by atomic mass is 16.4. The summed E-state index contributed by atoms with van der Waals surface area (Å²) in [7, 11) is 0. The fraction of sp³-hybridized carbons (Fsp3) is 0.727. The Morgan fingerprint density at radius 2 is 1.39 bits per heavy atom. The maximum absolute atomic E-state index is 13.1. The Morgan fingerprint density at radius 3 is 1.83 bits per heavy atom. The molecule has 0 unspecified atom stereocenters. The molecular formula is C22H39N7O7. The Labute approximate surface area is 209 Å². The lowest BCUT2D eigenvalue weighted by Gasteiger charge is -2.25. The first-order valence-corrected chi connectivity index (χ1v) is 12.2. The fourth-order valence-electron chi connectivity index (χ4n) is 3.70. The molecule has 11 N–H and O–H groups in total. The van der Waals surface area contributed by atoms with Crippen LogP contribution in [0.4, 0.5) is 0 Å². The van der Waals surface area contributed by atoms with Crippen molar-refractivity contribution in [1.82, 2.24) is 21.3 Å². The predicted molar refractivity (Wildman–Crippen MR) is 129 cm³/mol. The minimum absolute atomic E-state index is 0.196. The van der Waals surface area contributed by atoms with Crippen molar-refractivity contribution >= 4 is 35.5 Å². The van der Waals surface area contributed by atoms with E-state index >= 15 is 0 Å².